The fraction of sp³-hybridized carbons (Fsp3) is 1.00. The van der Waals surface area contributed by atoms with Gasteiger partial charge in [0, 0.05) is 19.1 Å². The van der Waals surface area contributed by atoms with Crippen molar-refractivity contribution in [1.82, 2.24) is 4.31 Å². The highest BCUT2D eigenvalue weighted by Crippen LogP contribution is 2.18. The van der Waals surface area contributed by atoms with Gasteiger partial charge in [0.15, 0.2) is 0 Å². The molecule has 0 aromatic rings. The molecule has 6 nitrogen and oxygen atoms in total. The summed E-state index contributed by atoms with van der Waals surface area (Å²) in [6, 6.07) is -0.207. The van der Waals surface area contributed by atoms with Crippen LogP contribution in [0.25, 0.3) is 0 Å². The standard InChI is InChI=1S/C9H20N2O4S/c1-7-6-15-9(5-12)4-11(7)16(13,14)8(2)3-10/h7-9,12H,3-6,10H2,1-2H3. The Labute approximate surface area is 96.4 Å². The molecule has 3 unspecified atom stereocenters. The van der Waals surface area contributed by atoms with Crippen LogP contribution in [0.5, 0.6) is 0 Å². The van der Waals surface area contributed by atoms with Crippen molar-refractivity contribution < 1.29 is 18.3 Å². The first kappa shape index (κ1) is 13.9. The molecule has 96 valence electrons. The van der Waals surface area contributed by atoms with Crippen molar-refractivity contribution >= 4 is 10.0 Å². The van der Waals surface area contributed by atoms with Gasteiger partial charge in [-0.15, -0.1) is 0 Å². The quantitative estimate of drug-likeness (QED) is 0.652. The number of aliphatic hydroxyl groups is 1. The van der Waals surface area contributed by atoms with Crippen LogP contribution >= 0.6 is 0 Å². The van der Waals surface area contributed by atoms with Gasteiger partial charge >= 0.3 is 0 Å². The van der Waals surface area contributed by atoms with E-state index in [1.807, 2.05) is 0 Å². The zero-order chi connectivity index (χ0) is 12.3. The Morgan fingerprint density at radius 3 is 2.75 bits per heavy atom. The molecule has 0 bridgehead atoms. The van der Waals surface area contributed by atoms with Crippen LogP contribution in [0.4, 0.5) is 0 Å². The van der Waals surface area contributed by atoms with E-state index < -0.39 is 21.4 Å². The van der Waals surface area contributed by atoms with Gasteiger partial charge in [-0.1, -0.05) is 0 Å². The maximum atomic E-state index is 12.1. The highest BCUT2D eigenvalue weighted by molar-refractivity contribution is 7.89. The third-order valence-electron chi connectivity index (χ3n) is 2.82. The summed E-state index contributed by atoms with van der Waals surface area (Å²) in [6.45, 7) is 3.80. The average molecular weight is 252 g/mol. The lowest BCUT2D eigenvalue weighted by Crippen LogP contribution is -2.54. The first-order chi connectivity index (χ1) is 7.43. The number of aliphatic hydroxyl groups excluding tert-OH is 1. The summed E-state index contributed by atoms with van der Waals surface area (Å²) < 4.78 is 30.9. The number of ether oxygens (including phenoxy) is 1. The van der Waals surface area contributed by atoms with E-state index in [2.05, 4.69) is 0 Å². The Hall–Kier alpha value is -0.210. The first-order valence-corrected chi connectivity index (χ1v) is 6.87. The summed E-state index contributed by atoms with van der Waals surface area (Å²) in [6.07, 6.45) is -0.434. The number of hydrogen-bond acceptors (Lipinski definition) is 5. The number of sulfonamides is 1. The molecule has 3 N–H and O–H groups in total. The Balaban J connectivity index is 2.84. The lowest BCUT2D eigenvalue weighted by molar-refractivity contribution is -0.0518. The second kappa shape index (κ2) is 5.42. The summed E-state index contributed by atoms with van der Waals surface area (Å²) in [5.41, 5.74) is 5.39. The van der Waals surface area contributed by atoms with Gasteiger partial charge in [-0.2, -0.15) is 4.31 Å². The van der Waals surface area contributed by atoms with Gasteiger partial charge < -0.3 is 15.6 Å². The summed E-state index contributed by atoms with van der Waals surface area (Å²) >= 11 is 0. The summed E-state index contributed by atoms with van der Waals surface area (Å²) in [4.78, 5) is 0. The maximum Gasteiger partial charge on any atom is 0.218 e. The molecule has 0 spiro atoms. The summed E-state index contributed by atoms with van der Waals surface area (Å²) in [5.74, 6) is 0. The summed E-state index contributed by atoms with van der Waals surface area (Å²) in [7, 11) is -3.39. The van der Waals surface area contributed by atoms with E-state index in [4.69, 9.17) is 15.6 Å². The van der Waals surface area contributed by atoms with Gasteiger partial charge in [0.2, 0.25) is 10.0 Å². The number of nitrogens with two attached hydrogens (primary N) is 1. The first-order valence-electron chi connectivity index (χ1n) is 5.36. The van der Waals surface area contributed by atoms with Crippen molar-refractivity contribution in [1.29, 1.82) is 0 Å². The van der Waals surface area contributed by atoms with Crippen LogP contribution in [0.2, 0.25) is 0 Å². The molecule has 16 heavy (non-hydrogen) atoms. The molecule has 1 aliphatic rings. The van der Waals surface area contributed by atoms with Crippen molar-refractivity contribution in [2.45, 2.75) is 31.2 Å². The Kier molecular flexibility index (Phi) is 4.69. The normalized spacial score (nSPS) is 30.2. The van der Waals surface area contributed by atoms with Crippen LogP contribution in [-0.4, -0.2) is 61.5 Å². The predicted molar refractivity (Wildman–Crippen MR) is 60.4 cm³/mol. The SMILES string of the molecule is CC1COC(CO)CN1S(=O)(=O)C(C)CN. The minimum atomic E-state index is -3.39. The molecular formula is C9H20N2O4S. The Morgan fingerprint density at radius 1 is 1.62 bits per heavy atom. The third kappa shape index (κ3) is 2.72. The van der Waals surface area contributed by atoms with Crippen LogP contribution < -0.4 is 5.73 Å². The van der Waals surface area contributed by atoms with Crippen molar-refractivity contribution in [3.05, 3.63) is 0 Å². The highest BCUT2D eigenvalue weighted by Gasteiger charge is 2.36. The zero-order valence-electron chi connectivity index (χ0n) is 9.67. The number of nitrogens with zero attached hydrogens (tertiary/aromatic N) is 1. The summed E-state index contributed by atoms with van der Waals surface area (Å²) in [5, 5.41) is 8.38. The van der Waals surface area contributed by atoms with E-state index >= 15 is 0 Å². The molecule has 0 aliphatic carbocycles. The van der Waals surface area contributed by atoms with E-state index in [1.54, 1.807) is 13.8 Å². The maximum absolute atomic E-state index is 12.1. The molecule has 0 amide bonds. The van der Waals surface area contributed by atoms with Crippen LogP contribution in [0, 0.1) is 0 Å². The second-order valence-electron chi connectivity index (χ2n) is 4.15. The molecule has 3 atom stereocenters. The van der Waals surface area contributed by atoms with Crippen LogP contribution in [-0.2, 0) is 14.8 Å². The third-order valence-corrected chi connectivity index (χ3v) is 5.19. The van der Waals surface area contributed by atoms with E-state index in [0.29, 0.717) is 6.61 Å². The fourth-order valence-electron chi connectivity index (χ4n) is 1.61. The number of hydrogen-bond donors (Lipinski definition) is 2. The topological polar surface area (TPSA) is 92.9 Å². The molecule has 7 heteroatoms. The van der Waals surface area contributed by atoms with E-state index in [1.165, 1.54) is 4.31 Å². The molecule has 0 saturated carbocycles. The lowest BCUT2D eigenvalue weighted by Gasteiger charge is -2.37. The van der Waals surface area contributed by atoms with Gasteiger partial charge in [-0.3, -0.25) is 0 Å². The molecule has 1 saturated heterocycles. The molecule has 1 aliphatic heterocycles. The van der Waals surface area contributed by atoms with Gasteiger partial charge in [-0.05, 0) is 13.8 Å². The fourth-order valence-corrected chi connectivity index (χ4v) is 3.25. The predicted octanol–water partition coefficient (Wildman–Crippen LogP) is -1.25. The molecule has 0 aromatic heterocycles. The van der Waals surface area contributed by atoms with E-state index in [9.17, 15) is 8.42 Å². The average Bonchev–Trinajstić information content (AvgIpc) is 2.28. The van der Waals surface area contributed by atoms with Crippen molar-refractivity contribution in [2.24, 2.45) is 5.73 Å². The minimum absolute atomic E-state index is 0.0935. The van der Waals surface area contributed by atoms with Crippen LogP contribution in [0.15, 0.2) is 0 Å². The van der Waals surface area contributed by atoms with E-state index in [-0.39, 0.29) is 25.7 Å². The molecule has 1 heterocycles. The van der Waals surface area contributed by atoms with Crippen LogP contribution in [0.3, 0.4) is 0 Å². The monoisotopic (exact) mass is 252 g/mol. The molecule has 0 radical (unpaired) electrons. The smallest absolute Gasteiger partial charge is 0.218 e. The van der Waals surface area contributed by atoms with Crippen molar-refractivity contribution in [3.8, 4) is 0 Å². The molecule has 1 fully saturated rings. The molecular weight excluding hydrogens is 232 g/mol. The van der Waals surface area contributed by atoms with Crippen molar-refractivity contribution in [3.63, 3.8) is 0 Å². The molecule has 0 aromatic carbocycles. The highest BCUT2D eigenvalue weighted by atomic mass is 32.2. The van der Waals surface area contributed by atoms with Crippen LogP contribution in [0.1, 0.15) is 13.8 Å². The van der Waals surface area contributed by atoms with Gasteiger partial charge in [0.1, 0.15) is 0 Å². The van der Waals surface area contributed by atoms with Gasteiger partial charge in [-0.25, -0.2) is 8.42 Å². The van der Waals surface area contributed by atoms with Gasteiger partial charge in [0.05, 0.1) is 24.6 Å². The Morgan fingerprint density at radius 2 is 2.25 bits per heavy atom. The minimum Gasteiger partial charge on any atom is -0.394 e. The van der Waals surface area contributed by atoms with Crippen molar-refractivity contribution in [2.75, 3.05) is 26.3 Å². The molecule has 1 rings (SSSR count). The van der Waals surface area contributed by atoms with Gasteiger partial charge in [0.25, 0.3) is 0 Å². The number of rotatable bonds is 4. The lowest BCUT2D eigenvalue weighted by atomic mass is 10.2. The van der Waals surface area contributed by atoms with E-state index in [0.717, 1.165) is 0 Å². The Bertz CT molecular complexity index is 319. The largest absolute Gasteiger partial charge is 0.394 e. The zero-order valence-corrected chi connectivity index (χ0v) is 10.5. The number of morpholine rings is 1. The second-order valence-corrected chi connectivity index (χ2v) is 6.45.